The van der Waals surface area contributed by atoms with Crippen LogP contribution in [0.25, 0.3) is 32.2 Å². The molecule has 4 aromatic rings. The van der Waals surface area contributed by atoms with E-state index < -0.39 is 17.8 Å². The summed E-state index contributed by atoms with van der Waals surface area (Å²) in [6.45, 7) is 3.03. The molecule has 0 spiro atoms. The summed E-state index contributed by atoms with van der Waals surface area (Å²) in [5.74, 6) is -0.849. The zero-order valence-electron chi connectivity index (χ0n) is 20.9. The van der Waals surface area contributed by atoms with Crippen molar-refractivity contribution in [2.75, 3.05) is 36.8 Å². The highest BCUT2D eigenvalue weighted by Gasteiger charge is 2.34. The molecule has 0 radical (unpaired) electrons. The van der Waals surface area contributed by atoms with Crippen LogP contribution in [0.2, 0.25) is 0 Å². The third-order valence-corrected chi connectivity index (χ3v) is 9.12. The van der Waals surface area contributed by atoms with Crippen LogP contribution in [0.3, 0.4) is 0 Å². The number of aromatic nitrogens is 3. The number of pyridine rings is 1. The van der Waals surface area contributed by atoms with Crippen LogP contribution in [0, 0.1) is 23.0 Å². The molecule has 2 fully saturated rings. The predicted octanol–water partition coefficient (Wildman–Crippen LogP) is 4.68. The van der Waals surface area contributed by atoms with Crippen LogP contribution in [0.15, 0.2) is 12.4 Å². The van der Waals surface area contributed by atoms with Gasteiger partial charge in [-0.1, -0.05) is 0 Å². The molecule has 3 aromatic heterocycles. The molecule has 12 heteroatoms. The summed E-state index contributed by atoms with van der Waals surface area (Å²) < 4.78 is 51.0. The average Bonchev–Trinajstić information content (AvgIpc) is 3.69. The molecule has 1 aromatic carbocycles. The number of nitriles is 1. The van der Waals surface area contributed by atoms with Crippen molar-refractivity contribution in [2.24, 2.45) is 0 Å². The number of nitrogen functional groups attached to an aromatic ring is 1. The summed E-state index contributed by atoms with van der Waals surface area (Å²) in [4.78, 5) is 17.7. The first-order valence-electron chi connectivity index (χ1n) is 12.9. The van der Waals surface area contributed by atoms with Crippen molar-refractivity contribution in [1.29, 1.82) is 5.26 Å². The number of alkyl halides is 1. The Morgan fingerprint density at radius 1 is 1.10 bits per heavy atom. The van der Waals surface area contributed by atoms with Crippen molar-refractivity contribution in [1.82, 2.24) is 19.9 Å². The highest BCUT2D eigenvalue weighted by molar-refractivity contribution is 7.23. The Morgan fingerprint density at radius 3 is 2.77 bits per heavy atom. The molecule has 2 N–H and O–H groups in total. The van der Waals surface area contributed by atoms with Crippen LogP contribution in [-0.2, 0) is 18.0 Å². The standard InChI is InChI=1S/C27H24F3N7OS/c28-13-2-1-4-36(9-13)14-3-5-37(10-14)27-34-7-16-17-11-38-12-18(17)20(22(30)23(16)35-27)24-21-15(6-31)26(32)39-25(21)19(29)8-33-24/h7-8,13-14H,1-5,9-12,32H2/t13?,14-/m1/s1. The topological polar surface area (TPSA) is 104 Å². The molecule has 0 amide bonds. The number of nitrogens with zero attached hydrogens (tertiary/aromatic N) is 6. The molecule has 1 unspecified atom stereocenters. The highest BCUT2D eigenvalue weighted by atomic mass is 32.1. The molecule has 6 heterocycles. The van der Waals surface area contributed by atoms with E-state index in [4.69, 9.17) is 10.5 Å². The molecular formula is C27H24F3N7OS. The number of rotatable bonds is 3. The molecule has 39 heavy (non-hydrogen) atoms. The second kappa shape index (κ2) is 9.29. The number of thiophene rings is 1. The highest BCUT2D eigenvalue weighted by Crippen LogP contribution is 2.45. The largest absolute Gasteiger partial charge is 0.389 e. The van der Waals surface area contributed by atoms with E-state index in [1.54, 1.807) is 6.20 Å². The van der Waals surface area contributed by atoms with Gasteiger partial charge in [0.25, 0.3) is 0 Å². The van der Waals surface area contributed by atoms with Gasteiger partial charge < -0.3 is 15.4 Å². The van der Waals surface area contributed by atoms with Crippen molar-refractivity contribution in [2.45, 2.75) is 44.7 Å². The van der Waals surface area contributed by atoms with Crippen molar-refractivity contribution in [3.8, 4) is 17.3 Å². The van der Waals surface area contributed by atoms with E-state index in [0.717, 1.165) is 42.5 Å². The van der Waals surface area contributed by atoms with Gasteiger partial charge in [0.1, 0.15) is 22.8 Å². The number of likely N-dealkylation sites (tertiary alicyclic amines) is 1. The number of fused-ring (bicyclic) bond motifs is 4. The molecule has 7 rings (SSSR count). The molecule has 0 saturated carbocycles. The van der Waals surface area contributed by atoms with Crippen LogP contribution in [0.5, 0.6) is 0 Å². The van der Waals surface area contributed by atoms with E-state index in [1.165, 1.54) is 0 Å². The second-order valence-electron chi connectivity index (χ2n) is 10.3. The third kappa shape index (κ3) is 3.83. The predicted molar refractivity (Wildman–Crippen MR) is 142 cm³/mol. The first-order valence-corrected chi connectivity index (χ1v) is 13.7. The Morgan fingerprint density at radius 2 is 1.95 bits per heavy atom. The van der Waals surface area contributed by atoms with E-state index in [9.17, 15) is 14.0 Å². The maximum absolute atomic E-state index is 16.5. The number of hydrogen-bond donors (Lipinski definition) is 1. The van der Waals surface area contributed by atoms with Gasteiger partial charge in [-0.25, -0.2) is 23.1 Å². The minimum absolute atomic E-state index is 0.0730. The average molecular weight is 552 g/mol. The molecule has 2 saturated heterocycles. The molecular weight excluding hydrogens is 527 g/mol. The Labute approximate surface area is 225 Å². The molecule has 0 aliphatic carbocycles. The van der Waals surface area contributed by atoms with E-state index in [0.29, 0.717) is 43.0 Å². The number of piperidine rings is 1. The van der Waals surface area contributed by atoms with Crippen molar-refractivity contribution in [3.05, 3.63) is 40.7 Å². The Bertz CT molecular complexity index is 1690. The molecule has 0 bridgehead atoms. The Hall–Kier alpha value is -3.53. The lowest BCUT2D eigenvalue weighted by Crippen LogP contribution is -2.44. The monoisotopic (exact) mass is 551 g/mol. The lowest BCUT2D eigenvalue weighted by atomic mass is 9.94. The lowest BCUT2D eigenvalue weighted by Gasteiger charge is -2.33. The first-order chi connectivity index (χ1) is 18.9. The molecule has 200 valence electrons. The number of ether oxygens (including phenoxy) is 1. The van der Waals surface area contributed by atoms with Gasteiger partial charge in [0.05, 0.1) is 35.4 Å². The SMILES string of the molecule is N#Cc1c(N)sc2c(F)cnc(-c3c4c(c5cnc(N6CC[C@@H](N7CCCC(F)C7)C6)nc5c3F)COC4)c12. The fraction of sp³-hybridized carbons (Fsp3) is 0.407. The smallest absolute Gasteiger partial charge is 0.226 e. The van der Waals surface area contributed by atoms with Gasteiger partial charge in [-0.3, -0.25) is 9.88 Å². The normalized spacial score (nSPS) is 21.6. The number of nitrogens with two attached hydrogens (primary N) is 1. The van der Waals surface area contributed by atoms with Crippen molar-refractivity contribution < 1.29 is 17.9 Å². The van der Waals surface area contributed by atoms with Gasteiger partial charge in [0.2, 0.25) is 5.95 Å². The third-order valence-electron chi connectivity index (χ3n) is 8.09. The zero-order valence-corrected chi connectivity index (χ0v) is 21.7. The second-order valence-corrected chi connectivity index (χ2v) is 11.4. The molecule has 3 aliphatic rings. The van der Waals surface area contributed by atoms with Gasteiger partial charge in [-0.15, -0.1) is 11.3 Å². The Kier molecular flexibility index (Phi) is 5.84. The maximum Gasteiger partial charge on any atom is 0.226 e. The first kappa shape index (κ1) is 24.5. The van der Waals surface area contributed by atoms with Gasteiger partial charge in [-0.2, -0.15) is 5.26 Å². The van der Waals surface area contributed by atoms with Gasteiger partial charge in [0.15, 0.2) is 11.6 Å². The summed E-state index contributed by atoms with van der Waals surface area (Å²) in [5.41, 5.74) is 7.81. The van der Waals surface area contributed by atoms with Crippen LogP contribution in [0.1, 0.15) is 36.0 Å². The Balaban J connectivity index is 1.35. The van der Waals surface area contributed by atoms with Gasteiger partial charge in [0, 0.05) is 48.2 Å². The summed E-state index contributed by atoms with van der Waals surface area (Å²) >= 11 is 0.940. The minimum Gasteiger partial charge on any atom is -0.389 e. The van der Waals surface area contributed by atoms with Crippen LogP contribution in [-0.4, -0.2) is 58.2 Å². The minimum atomic E-state index is -0.798. The summed E-state index contributed by atoms with van der Waals surface area (Å²) in [6, 6.07) is 2.22. The fourth-order valence-corrected chi connectivity index (χ4v) is 7.12. The van der Waals surface area contributed by atoms with E-state index in [2.05, 4.69) is 19.9 Å². The van der Waals surface area contributed by atoms with Crippen molar-refractivity contribution >= 4 is 43.3 Å². The van der Waals surface area contributed by atoms with Gasteiger partial charge >= 0.3 is 0 Å². The van der Waals surface area contributed by atoms with Crippen LogP contribution in [0.4, 0.5) is 24.1 Å². The summed E-state index contributed by atoms with van der Waals surface area (Å²) in [7, 11) is 0. The number of halogens is 3. The lowest BCUT2D eigenvalue weighted by molar-refractivity contribution is 0.106. The molecule has 8 nitrogen and oxygen atoms in total. The van der Waals surface area contributed by atoms with Crippen molar-refractivity contribution in [3.63, 3.8) is 0 Å². The summed E-state index contributed by atoms with van der Waals surface area (Å²) in [6.07, 6.45) is 4.17. The fourth-order valence-electron chi connectivity index (χ4n) is 6.20. The van der Waals surface area contributed by atoms with Crippen LogP contribution >= 0.6 is 11.3 Å². The van der Waals surface area contributed by atoms with Crippen LogP contribution < -0.4 is 10.6 Å². The summed E-state index contributed by atoms with van der Waals surface area (Å²) in [5, 5.41) is 10.6. The van der Waals surface area contributed by atoms with E-state index in [1.807, 2.05) is 11.0 Å². The van der Waals surface area contributed by atoms with E-state index >= 15 is 4.39 Å². The molecule has 2 atom stereocenters. The van der Waals surface area contributed by atoms with E-state index in [-0.39, 0.29) is 56.7 Å². The maximum atomic E-state index is 16.5. The number of anilines is 2. The van der Waals surface area contributed by atoms with Gasteiger partial charge in [-0.05, 0) is 36.9 Å². The number of hydrogen-bond acceptors (Lipinski definition) is 9. The quantitative estimate of drug-likeness (QED) is 0.392. The number of benzene rings is 1. The molecule has 3 aliphatic heterocycles. The zero-order chi connectivity index (χ0) is 26.8.